The molecule has 0 saturated heterocycles. The summed E-state index contributed by atoms with van der Waals surface area (Å²) in [6.07, 6.45) is 5.53. The predicted octanol–water partition coefficient (Wildman–Crippen LogP) is 7.07. The third kappa shape index (κ3) is 4.56. The van der Waals surface area contributed by atoms with Gasteiger partial charge in [0.15, 0.2) is 0 Å². The predicted molar refractivity (Wildman–Crippen MR) is 119 cm³/mol. The van der Waals surface area contributed by atoms with E-state index >= 15 is 0 Å². The Morgan fingerprint density at radius 2 is 1.77 bits per heavy atom. The number of aryl methyl sites for hydroxylation is 1. The summed E-state index contributed by atoms with van der Waals surface area (Å²) in [5.74, 6) is 0.772. The molecule has 0 amide bonds. The molecule has 3 heteroatoms. The number of hydrogen-bond donors (Lipinski definition) is 1. The van der Waals surface area contributed by atoms with Crippen molar-refractivity contribution in [2.45, 2.75) is 57.3 Å². The summed E-state index contributed by atoms with van der Waals surface area (Å²) in [6.45, 7) is 2.27. The average molecular weight is 405 g/mol. The maximum absolute atomic E-state index is 14.2. The molecule has 1 aliphatic rings. The minimum absolute atomic E-state index is 0.144. The number of fused-ring (bicyclic) bond motifs is 1. The van der Waals surface area contributed by atoms with Crippen molar-refractivity contribution in [2.24, 2.45) is 5.92 Å². The molecule has 156 valence electrons. The first-order valence-corrected chi connectivity index (χ1v) is 11.0. The van der Waals surface area contributed by atoms with Gasteiger partial charge in [0.05, 0.1) is 0 Å². The van der Waals surface area contributed by atoms with Crippen LogP contribution in [-0.4, -0.2) is 11.1 Å². The molecule has 30 heavy (non-hydrogen) atoms. The second-order valence-corrected chi connectivity index (χ2v) is 8.83. The molecule has 0 aromatic heterocycles. The lowest BCUT2D eigenvalue weighted by Gasteiger charge is -2.19. The molecular formula is C27H29FO2. The first-order chi connectivity index (χ1) is 14.5. The van der Waals surface area contributed by atoms with E-state index in [1.54, 1.807) is 6.07 Å². The number of carboxylic acids is 1. The van der Waals surface area contributed by atoms with Crippen molar-refractivity contribution in [1.29, 1.82) is 0 Å². The molecule has 1 fully saturated rings. The Balaban J connectivity index is 1.39. The Morgan fingerprint density at radius 1 is 1.03 bits per heavy atom. The van der Waals surface area contributed by atoms with Gasteiger partial charge in [0.2, 0.25) is 0 Å². The van der Waals surface area contributed by atoms with Crippen molar-refractivity contribution < 1.29 is 14.3 Å². The van der Waals surface area contributed by atoms with Crippen molar-refractivity contribution in [2.75, 3.05) is 0 Å². The van der Waals surface area contributed by atoms with Crippen LogP contribution in [0.3, 0.4) is 0 Å². The topological polar surface area (TPSA) is 37.3 Å². The van der Waals surface area contributed by atoms with Crippen molar-refractivity contribution in [3.8, 4) is 0 Å². The molecule has 1 aliphatic carbocycles. The van der Waals surface area contributed by atoms with Gasteiger partial charge in [0.25, 0.3) is 0 Å². The molecule has 0 aliphatic heterocycles. The molecule has 0 unspecified atom stereocenters. The highest BCUT2D eigenvalue weighted by Crippen LogP contribution is 2.43. The van der Waals surface area contributed by atoms with E-state index in [0.29, 0.717) is 29.6 Å². The van der Waals surface area contributed by atoms with Crippen LogP contribution in [0.1, 0.15) is 67.6 Å². The summed E-state index contributed by atoms with van der Waals surface area (Å²) in [4.78, 5) is 10.7. The highest BCUT2D eigenvalue weighted by atomic mass is 19.1. The highest BCUT2D eigenvalue weighted by molar-refractivity contribution is 5.86. The van der Waals surface area contributed by atoms with Crippen LogP contribution < -0.4 is 0 Å². The number of rotatable bonds is 7. The van der Waals surface area contributed by atoms with Crippen molar-refractivity contribution in [3.63, 3.8) is 0 Å². The fraction of sp³-hybridized carbons (Fsp3) is 0.370. The Kier molecular flexibility index (Phi) is 6.17. The summed E-state index contributed by atoms with van der Waals surface area (Å²) in [7, 11) is 0. The van der Waals surface area contributed by atoms with E-state index < -0.39 is 5.97 Å². The third-order valence-corrected chi connectivity index (χ3v) is 6.74. The molecular weight excluding hydrogens is 375 g/mol. The number of hydrogen-bond acceptors (Lipinski definition) is 1. The molecule has 0 spiro atoms. The van der Waals surface area contributed by atoms with Gasteiger partial charge in [0, 0.05) is 11.8 Å². The monoisotopic (exact) mass is 404 g/mol. The number of carboxylic acid groups (broad SMARTS) is 1. The zero-order valence-corrected chi connectivity index (χ0v) is 17.5. The van der Waals surface area contributed by atoms with Crippen LogP contribution >= 0.6 is 0 Å². The van der Waals surface area contributed by atoms with Crippen LogP contribution in [0.5, 0.6) is 0 Å². The average Bonchev–Trinajstić information content (AvgIpc) is 3.21. The Morgan fingerprint density at radius 3 is 2.50 bits per heavy atom. The summed E-state index contributed by atoms with van der Waals surface area (Å²) in [5, 5.41) is 10.6. The van der Waals surface area contributed by atoms with E-state index in [9.17, 15) is 9.18 Å². The molecule has 3 aromatic rings. The molecule has 3 aromatic carbocycles. The summed E-state index contributed by atoms with van der Waals surface area (Å²) in [6, 6.07) is 19.9. The molecule has 3 atom stereocenters. The van der Waals surface area contributed by atoms with Crippen LogP contribution in [-0.2, 0) is 11.2 Å². The Bertz CT molecular complexity index is 1020. The number of aliphatic carboxylic acids is 1. The van der Waals surface area contributed by atoms with Gasteiger partial charge in [-0.05, 0) is 78.0 Å². The summed E-state index contributed by atoms with van der Waals surface area (Å²) in [5.41, 5.74) is 3.71. The lowest BCUT2D eigenvalue weighted by atomic mass is 9.86. The van der Waals surface area contributed by atoms with Gasteiger partial charge in [0.1, 0.15) is 5.82 Å². The van der Waals surface area contributed by atoms with E-state index in [2.05, 4.69) is 31.2 Å². The maximum atomic E-state index is 14.2. The smallest absolute Gasteiger partial charge is 0.303 e. The number of carbonyl (C=O) groups is 1. The lowest BCUT2D eigenvalue weighted by molar-refractivity contribution is -0.136. The van der Waals surface area contributed by atoms with E-state index in [-0.39, 0.29) is 12.2 Å². The zero-order valence-electron chi connectivity index (χ0n) is 17.5. The normalized spacial score (nSPS) is 19.8. The lowest BCUT2D eigenvalue weighted by Crippen LogP contribution is -2.04. The van der Waals surface area contributed by atoms with Gasteiger partial charge < -0.3 is 5.11 Å². The summed E-state index contributed by atoms with van der Waals surface area (Å²) < 4.78 is 14.2. The highest BCUT2D eigenvalue weighted by Gasteiger charge is 2.27. The molecule has 0 radical (unpaired) electrons. The SMILES string of the molecule is C[C@@H](C[C@H]1CC[C@H](c2ccc(CCC(=O)O)cc2)C1)c1ccc(F)c2ccccc12. The molecule has 4 rings (SSSR count). The molecule has 0 heterocycles. The van der Waals surface area contributed by atoms with Gasteiger partial charge in [-0.2, -0.15) is 0 Å². The molecule has 1 N–H and O–H groups in total. The van der Waals surface area contributed by atoms with Gasteiger partial charge in [-0.3, -0.25) is 4.79 Å². The van der Waals surface area contributed by atoms with Crippen LogP contribution in [0.4, 0.5) is 4.39 Å². The fourth-order valence-electron chi connectivity index (χ4n) is 5.14. The molecule has 0 bridgehead atoms. The fourth-order valence-corrected chi connectivity index (χ4v) is 5.14. The van der Waals surface area contributed by atoms with Crippen LogP contribution in [0.15, 0.2) is 60.7 Å². The zero-order chi connectivity index (χ0) is 21.1. The standard InChI is InChI=1S/C27H29FO2/c1-18(23-13-14-26(28)25-5-3-2-4-24(23)25)16-20-8-12-22(17-20)21-10-6-19(7-11-21)9-15-27(29)30/h2-7,10-11,13-14,18,20,22H,8-9,12,15-17H2,1H3,(H,29,30)/t18-,20+,22-/m0/s1. The van der Waals surface area contributed by atoms with Gasteiger partial charge in [-0.15, -0.1) is 0 Å². The second kappa shape index (κ2) is 8.99. The Labute approximate surface area is 177 Å². The first kappa shape index (κ1) is 20.6. The Hall–Kier alpha value is -2.68. The van der Waals surface area contributed by atoms with E-state index in [1.807, 2.05) is 30.3 Å². The van der Waals surface area contributed by atoms with Crippen LogP contribution in [0.25, 0.3) is 10.8 Å². The number of benzene rings is 3. The van der Waals surface area contributed by atoms with Crippen LogP contribution in [0.2, 0.25) is 0 Å². The van der Waals surface area contributed by atoms with Gasteiger partial charge >= 0.3 is 5.97 Å². The van der Waals surface area contributed by atoms with E-state index in [1.165, 1.54) is 30.4 Å². The molecule has 2 nitrogen and oxygen atoms in total. The van der Waals surface area contributed by atoms with Gasteiger partial charge in [-0.1, -0.05) is 61.5 Å². The maximum Gasteiger partial charge on any atom is 0.303 e. The van der Waals surface area contributed by atoms with Gasteiger partial charge in [-0.25, -0.2) is 4.39 Å². The quantitative estimate of drug-likeness (QED) is 0.457. The molecule has 1 saturated carbocycles. The van der Waals surface area contributed by atoms with E-state index in [0.717, 1.165) is 17.4 Å². The van der Waals surface area contributed by atoms with E-state index in [4.69, 9.17) is 5.11 Å². The number of halogens is 1. The van der Waals surface area contributed by atoms with Crippen molar-refractivity contribution in [1.82, 2.24) is 0 Å². The van der Waals surface area contributed by atoms with Crippen LogP contribution in [0, 0.1) is 11.7 Å². The minimum atomic E-state index is -0.749. The first-order valence-electron chi connectivity index (χ1n) is 11.0. The summed E-state index contributed by atoms with van der Waals surface area (Å²) >= 11 is 0. The minimum Gasteiger partial charge on any atom is -0.481 e. The second-order valence-electron chi connectivity index (χ2n) is 8.83. The van der Waals surface area contributed by atoms with Crippen molar-refractivity contribution >= 4 is 16.7 Å². The largest absolute Gasteiger partial charge is 0.481 e. The third-order valence-electron chi connectivity index (χ3n) is 6.74. The van der Waals surface area contributed by atoms with Crippen molar-refractivity contribution in [3.05, 3.63) is 83.2 Å².